The number of esters is 1. The van der Waals surface area contributed by atoms with Crippen LogP contribution >= 0.6 is 0 Å². The number of piperidine rings is 3. The summed E-state index contributed by atoms with van der Waals surface area (Å²) in [6.45, 7) is 6.05. The van der Waals surface area contributed by atoms with Gasteiger partial charge in [0.15, 0.2) is 0 Å². The molecule has 0 spiro atoms. The number of H-pyrrole nitrogens is 1. The Bertz CT molecular complexity index is 2330. The number of carbonyl (C=O) groups excluding carboxylic acids is 3. The lowest BCUT2D eigenvalue weighted by molar-refractivity contribution is -0.129. The van der Waals surface area contributed by atoms with Gasteiger partial charge in [0.2, 0.25) is 11.5 Å². The van der Waals surface area contributed by atoms with Gasteiger partial charge >= 0.3 is 12.1 Å². The van der Waals surface area contributed by atoms with Crippen molar-refractivity contribution in [2.75, 3.05) is 52.4 Å². The van der Waals surface area contributed by atoms with E-state index in [9.17, 15) is 29.4 Å². The Morgan fingerprint density at radius 2 is 1.69 bits per heavy atom. The fourth-order valence-electron chi connectivity index (χ4n) is 8.08. The molecule has 0 saturated carbocycles. The summed E-state index contributed by atoms with van der Waals surface area (Å²) >= 11 is 0. The minimum atomic E-state index is -0.892. The van der Waals surface area contributed by atoms with Crippen molar-refractivity contribution in [3.05, 3.63) is 141 Å². The van der Waals surface area contributed by atoms with Gasteiger partial charge in [-0.2, -0.15) is 0 Å². The van der Waals surface area contributed by atoms with E-state index < -0.39 is 24.2 Å². The average Bonchev–Trinajstić information content (AvgIpc) is 3.28. The van der Waals surface area contributed by atoms with Gasteiger partial charge in [0, 0.05) is 38.0 Å². The molecule has 3 atom stereocenters. The van der Waals surface area contributed by atoms with E-state index in [1.54, 1.807) is 41.3 Å². The molecule has 320 valence electrons. The summed E-state index contributed by atoms with van der Waals surface area (Å²) in [5, 5.41) is 27.7. The number of aromatic nitrogens is 1. The number of fused-ring (bicyclic) bond motifs is 4. The molecule has 3 aliphatic heterocycles. The van der Waals surface area contributed by atoms with Crippen LogP contribution in [0.25, 0.3) is 10.9 Å². The van der Waals surface area contributed by atoms with Crippen molar-refractivity contribution in [2.24, 2.45) is 5.92 Å². The molecule has 2 bridgehead atoms. The Balaban J connectivity index is 0.844. The van der Waals surface area contributed by atoms with Crippen molar-refractivity contribution in [3.8, 4) is 11.5 Å². The smallest absolute Gasteiger partial charge is 0.408 e. The zero-order chi connectivity index (χ0) is 42.7. The first-order chi connectivity index (χ1) is 29.6. The predicted molar refractivity (Wildman–Crippen MR) is 229 cm³/mol. The maximum Gasteiger partial charge on any atom is 0.408 e. The van der Waals surface area contributed by atoms with E-state index >= 15 is 0 Å². The number of phenolic OH excluding ortho intramolecular Hbond substituents is 1. The van der Waals surface area contributed by atoms with E-state index in [0.29, 0.717) is 47.7 Å². The topological polar surface area (TPSA) is 183 Å². The minimum Gasteiger partial charge on any atom is -0.506 e. The maximum atomic E-state index is 13.2. The highest BCUT2D eigenvalue weighted by Gasteiger charge is 2.37. The molecule has 8 rings (SSSR count). The number of hydrogen-bond acceptors (Lipinski definition) is 11. The van der Waals surface area contributed by atoms with E-state index in [2.05, 4.69) is 20.5 Å². The normalized spacial score (nSPS) is 17.9. The molecular formula is C47H53N5O9. The van der Waals surface area contributed by atoms with E-state index in [0.717, 1.165) is 49.2 Å². The number of aliphatic hydroxyl groups excluding tert-OH is 1. The number of aromatic amines is 1. The van der Waals surface area contributed by atoms with Crippen LogP contribution in [0.1, 0.15) is 70.9 Å². The minimum absolute atomic E-state index is 0.0258. The monoisotopic (exact) mass is 831 g/mol. The number of aromatic hydroxyl groups is 1. The van der Waals surface area contributed by atoms with Crippen molar-refractivity contribution in [3.63, 3.8) is 0 Å². The lowest BCUT2D eigenvalue weighted by atomic mass is 9.86. The number of alkyl carbamates (subject to hydrolysis) is 1. The Kier molecular flexibility index (Phi) is 14.3. The number of hydrogen-bond donors (Lipinski definition) is 5. The van der Waals surface area contributed by atoms with Crippen LogP contribution in [0.15, 0.2) is 108 Å². The first-order valence-corrected chi connectivity index (χ1v) is 20.8. The number of nitrogens with zero attached hydrogens (tertiary/aromatic N) is 2. The van der Waals surface area contributed by atoms with Crippen molar-refractivity contribution < 1.29 is 38.8 Å². The second-order valence-electron chi connectivity index (χ2n) is 15.6. The van der Waals surface area contributed by atoms with Gasteiger partial charge in [-0.25, -0.2) is 9.59 Å². The van der Waals surface area contributed by atoms with Crippen LogP contribution in [0, 0.1) is 5.92 Å². The second kappa shape index (κ2) is 20.4. The predicted octanol–water partition coefficient (Wildman–Crippen LogP) is 5.44. The second-order valence-corrected chi connectivity index (χ2v) is 15.6. The Hall–Kier alpha value is -6.22. The number of amides is 2. The van der Waals surface area contributed by atoms with Gasteiger partial charge in [-0.3, -0.25) is 14.5 Å². The first-order valence-electron chi connectivity index (χ1n) is 20.8. The Morgan fingerprint density at radius 3 is 2.43 bits per heavy atom. The van der Waals surface area contributed by atoms with Crippen molar-refractivity contribution >= 4 is 28.9 Å². The molecule has 3 saturated heterocycles. The molecule has 4 aromatic carbocycles. The van der Waals surface area contributed by atoms with Gasteiger partial charge in [-0.15, -0.1) is 0 Å². The van der Waals surface area contributed by atoms with Gasteiger partial charge in [-0.1, -0.05) is 60.7 Å². The lowest BCUT2D eigenvalue weighted by Crippen LogP contribution is -2.52. The maximum absolute atomic E-state index is 13.2. The largest absolute Gasteiger partial charge is 0.506 e. The number of benzene rings is 4. The molecule has 0 radical (unpaired) electrons. The lowest BCUT2D eigenvalue weighted by Gasteiger charge is -2.43. The summed E-state index contributed by atoms with van der Waals surface area (Å²) in [4.78, 5) is 56.7. The molecular weight excluding hydrogens is 779 g/mol. The van der Waals surface area contributed by atoms with Gasteiger partial charge in [0.25, 0.3) is 0 Å². The molecule has 3 fully saturated rings. The third-order valence-electron chi connectivity index (χ3n) is 11.5. The molecule has 1 aromatic heterocycles. The van der Waals surface area contributed by atoms with Crippen molar-refractivity contribution in [2.45, 2.75) is 51.0 Å². The van der Waals surface area contributed by atoms with E-state index in [1.165, 1.54) is 19.1 Å². The van der Waals surface area contributed by atoms with E-state index in [1.807, 2.05) is 54.6 Å². The van der Waals surface area contributed by atoms with E-state index in [-0.39, 0.29) is 55.1 Å². The van der Waals surface area contributed by atoms with Crippen LogP contribution in [0.3, 0.4) is 0 Å². The number of ether oxygens (including phenoxy) is 3. The van der Waals surface area contributed by atoms with Crippen LogP contribution in [0.4, 0.5) is 4.79 Å². The number of pyridine rings is 1. The quantitative estimate of drug-likeness (QED) is 0.0560. The molecule has 61 heavy (non-hydrogen) atoms. The summed E-state index contributed by atoms with van der Waals surface area (Å²) in [6.07, 6.45) is 1.28. The summed E-state index contributed by atoms with van der Waals surface area (Å²) in [5.41, 5.74) is 3.48. The zero-order valence-electron chi connectivity index (χ0n) is 34.3. The van der Waals surface area contributed by atoms with E-state index in [4.69, 9.17) is 14.2 Å². The van der Waals surface area contributed by atoms with Gasteiger partial charge in [0.1, 0.15) is 30.8 Å². The van der Waals surface area contributed by atoms with Gasteiger partial charge < -0.3 is 44.9 Å². The van der Waals surface area contributed by atoms with Crippen LogP contribution in [-0.2, 0) is 20.9 Å². The van der Waals surface area contributed by atoms with Crippen LogP contribution < -0.4 is 20.9 Å². The number of aliphatic hydroxyl groups is 1. The third-order valence-corrected chi connectivity index (χ3v) is 11.5. The highest BCUT2D eigenvalue weighted by atomic mass is 16.6. The van der Waals surface area contributed by atoms with Crippen LogP contribution in [0.5, 0.6) is 11.5 Å². The molecule has 2 amide bonds. The van der Waals surface area contributed by atoms with Crippen LogP contribution in [-0.4, -0.2) is 101 Å². The summed E-state index contributed by atoms with van der Waals surface area (Å²) in [7, 11) is 0. The molecule has 3 aliphatic rings. The molecule has 14 nitrogen and oxygen atoms in total. The summed E-state index contributed by atoms with van der Waals surface area (Å²) in [5.74, 6) is 0.305. The molecule has 1 unspecified atom stereocenters. The number of nitrogens with one attached hydrogen (secondary N) is 3. The number of phenols is 1. The highest BCUT2D eigenvalue weighted by Crippen LogP contribution is 2.31. The Morgan fingerprint density at radius 1 is 0.918 bits per heavy atom. The fourth-order valence-corrected chi connectivity index (χ4v) is 8.08. The number of carbonyl (C=O) groups is 3. The molecule has 4 heterocycles. The summed E-state index contributed by atoms with van der Waals surface area (Å²) < 4.78 is 17.6. The number of rotatable bonds is 18. The van der Waals surface area contributed by atoms with Crippen LogP contribution in [0.2, 0.25) is 0 Å². The van der Waals surface area contributed by atoms with Crippen molar-refractivity contribution in [1.29, 1.82) is 0 Å². The third kappa shape index (κ3) is 11.3. The molecule has 14 heteroatoms. The van der Waals surface area contributed by atoms with Gasteiger partial charge in [-0.05, 0) is 103 Å². The molecule has 0 aliphatic carbocycles. The highest BCUT2D eigenvalue weighted by molar-refractivity contribution is 5.89. The average molecular weight is 832 g/mol. The van der Waals surface area contributed by atoms with Gasteiger partial charge in [0.05, 0.1) is 29.8 Å². The molecule has 5 N–H and O–H groups in total. The Labute approximate surface area is 354 Å². The molecule has 5 aromatic rings. The fraction of sp³-hybridized carbons (Fsp3) is 0.362. The zero-order valence-corrected chi connectivity index (χ0v) is 34.3. The van der Waals surface area contributed by atoms with Crippen molar-refractivity contribution in [1.82, 2.24) is 25.4 Å². The summed E-state index contributed by atoms with van der Waals surface area (Å²) in [6, 6.07) is 29.9. The SMILES string of the molecule is CC(=O)N(CCCNC[C@@H](O)c1ccc(O)c2[nH]c(=O)ccc12)CCOC(=O)c1ccc(COc2cccc(C(NC(=O)O[C@H]3CN4CCC3CC4)c3ccccc3)c2)cc1. The standard InChI is InChI=1S/C47H53N5O9/c1-31(53)52(22-6-21-48-28-41(55)38-15-17-40(54)45-39(38)16-18-43(56)49-45)25-26-59-46(57)35-13-11-32(12-14-35)30-60-37-10-5-9-36(27-37)44(34-7-3-2-4-8-34)50-47(58)61-42-29-51-23-19-33(42)20-24-51/h2-5,7-18,27,33,41-42,44,48,54-55H,6,19-26,28-30H2,1H3,(H,49,56)(H,50,58)/t41-,42+,44?/m1/s1. The first kappa shape index (κ1) is 42.9.